The van der Waals surface area contributed by atoms with E-state index in [1.165, 1.54) is 13.3 Å². The standard InChI is InChI=1S/C18H16N2O3/c1-23-17-3-2-9-20-18(17)16(22)7-6-15(21)13-4-5-14-12(11-13)8-10-19-14/h2-5,8-11,19H,6-7H2,1H3. The van der Waals surface area contributed by atoms with Crippen LogP contribution in [0.5, 0.6) is 5.75 Å². The number of benzene rings is 1. The van der Waals surface area contributed by atoms with E-state index in [0.717, 1.165) is 10.9 Å². The summed E-state index contributed by atoms with van der Waals surface area (Å²) >= 11 is 0. The average molecular weight is 308 g/mol. The van der Waals surface area contributed by atoms with Crippen LogP contribution in [0.3, 0.4) is 0 Å². The molecule has 0 aliphatic carbocycles. The van der Waals surface area contributed by atoms with Crippen LogP contribution >= 0.6 is 0 Å². The number of carbonyl (C=O) groups is 2. The number of aromatic nitrogens is 2. The van der Waals surface area contributed by atoms with Crippen molar-refractivity contribution < 1.29 is 14.3 Å². The smallest absolute Gasteiger partial charge is 0.185 e. The minimum absolute atomic E-state index is 0.0589. The lowest BCUT2D eigenvalue weighted by atomic mass is 10.0. The van der Waals surface area contributed by atoms with E-state index in [0.29, 0.717) is 11.3 Å². The van der Waals surface area contributed by atoms with Gasteiger partial charge in [-0.25, -0.2) is 4.98 Å². The number of rotatable bonds is 6. The summed E-state index contributed by atoms with van der Waals surface area (Å²) < 4.78 is 5.13. The number of ether oxygens (including phenoxy) is 1. The van der Waals surface area contributed by atoms with Crippen molar-refractivity contribution in [3.05, 3.63) is 60.0 Å². The number of Topliss-reactive ketones (excluding diaryl/α,β-unsaturated/α-hetero) is 2. The van der Waals surface area contributed by atoms with Crippen LogP contribution in [0.4, 0.5) is 0 Å². The first kappa shape index (κ1) is 15.0. The highest BCUT2D eigenvalue weighted by Crippen LogP contribution is 2.19. The molecule has 2 heterocycles. The Bertz CT molecular complexity index is 867. The van der Waals surface area contributed by atoms with Crippen molar-refractivity contribution in [1.82, 2.24) is 9.97 Å². The number of fused-ring (bicyclic) bond motifs is 1. The quantitative estimate of drug-likeness (QED) is 0.708. The predicted molar refractivity (Wildman–Crippen MR) is 87.0 cm³/mol. The number of methoxy groups -OCH3 is 1. The first-order chi connectivity index (χ1) is 11.2. The molecule has 0 fully saturated rings. The topological polar surface area (TPSA) is 72.0 Å². The fraction of sp³-hybridized carbons (Fsp3) is 0.167. The van der Waals surface area contributed by atoms with Gasteiger partial charge < -0.3 is 9.72 Å². The van der Waals surface area contributed by atoms with Gasteiger partial charge in [-0.05, 0) is 36.4 Å². The van der Waals surface area contributed by atoms with Crippen molar-refractivity contribution >= 4 is 22.5 Å². The molecule has 0 bridgehead atoms. The van der Waals surface area contributed by atoms with Gasteiger partial charge in [-0.1, -0.05) is 0 Å². The lowest BCUT2D eigenvalue weighted by Gasteiger charge is -2.06. The van der Waals surface area contributed by atoms with E-state index in [1.54, 1.807) is 18.2 Å². The van der Waals surface area contributed by atoms with Gasteiger partial charge in [0.2, 0.25) is 0 Å². The van der Waals surface area contributed by atoms with E-state index in [4.69, 9.17) is 4.74 Å². The van der Waals surface area contributed by atoms with E-state index < -0.39 is 0 Å². The molecule has 0 aliphatic rings. The van der Waals surface area contributed by atoms with Crippen LogP contribution in [0.15, 0.2) is 48.8 Å². The minimum Gasteiger partial charge on any atom is -0.494 e. The molecular weight excluding hydrogens is 292 g/mol. The van der Waals surface area contributed by atoms with E-state index >= 15 is 0 Å². The zero-order valence-electron chi connectivity index (χ0n) is 12.7. The van der Waals surface area contributed by atoms with Crippen molar-refractivity contribution in [2.24, 2.45) is 0 Å². The second kappa shape index (κ2) is 6.44. The van der Waals surface area contributed by atoms with Gasteiger partial charge in [0.1, 0.15) is 11.4 Å². The highest BCUT2D eigenvalue weighted by molar-refractivity contribution is 6.03. The summed E-state index contributed by atoms with van der Waals surface area (Å²) in [6, 6.07) is 10.8. The molecule has 0 aliphatic heterocycles. The van der Waals surface area contributed by atoms with Gasteiger partial charge in [-0.3, -0.25) is 9.59 Å². The second-order valence-electron chi connectivity index (χ2n) is 5.18. The molecule has 0 atom stereocenters. The maximum atomic E-state index is 12.3. The number of H-pyrrole nitrogens is 1. The Morgan fingerprint density at radius 3 is 2.78 bits per heavy atom. The Balaban J connectivity index is 1.69. The lowest BCUT2D eigenvalue weighted by molar-refractivity contribution is 0.0913. The molecule has 116 valence electrons. The molecule has 1 aromatic carbocycles. The number of carbonyl (C=O) groups excluding carboxylic acids is 2. The van der Waals surface area contributed by atoms with Crippen LogP contribution < -0.4 is 4.74 Å². The van der Waals surface area contributed by atoms with E-state index in [-0.39, 0.29) is 30.1 Å². The Morgan fingerprint density at radius 1 is 1.13 bits per heavy atom. The maximum absolute atomic E-state index is 12.3. The Morgan fingerprint density at radius 2 is 1.96 bits per heavy atom. The molecule has 0 saturated heterocycles. The van der Waals surface area contributed by atoms with Crippen LogP contribution in [-0.4, -0.2) is 28.6 Å². The van der Waals surface area contributed by atoms with Crippen LogP contribution in [0.1, 0.15) is 33.7 Å². The molecule has 5 heteroatoms. The van der Waals surface area contributed by atoms with Gasteiger partial charge in [0, 0.05) is 41.7 Å². The van der Waals surface area contributed by atoms with E-state index in [1.807, 2.05) is 24.4 Å². The highest BCUT2D eigenvalue weighted by Gasteiger charge is 2.16. The molecule has 0 saturated carbocycles. The molecule has 2 aromatic heterocycles. The minimum atomic E-state index is -0.196. The van der Waals surface area contributed by atoms with Gasteiger partial charge in [-0.15, -0.1) is 0 Å². The van der Waals surface area contributed by atoms with Gasteiger partial charge in [0.25, 0.3) is 0 Å². The fourth-order valence-electron chi connectivity index (χ4n) is 2.48. The Labute approximate surface area is 133 Å². The molecule has 0 unspecified atom stereocenters. The number of ketones is 2. The van der Waals surface area contributed by atoms with Gasteiger partial charge in [0.15, 0.2) is 11.6 Å². The number of pyridine rings is 1. The normalized spacial score (nSPS) is 10.7. The summed E-state index contributed by atoms with van der Waals surface area (Å²) in [4.78, 5) is 31.6. The van der Waals surface area contributed by atoms with Crippen LogP contribution in [0.2, 0.25) is 0 Å². The van der Waals surface area contributed by atoms with E-state index in [2.05, 4.69) is 9.97 Å². The molecule has 5 nitrogen and oxygen atoms in total. The third-order valence-electron chi connectivity index (χ3n) is 3.71. The van der Waals surface area contributed by atoms with Crippen molar-refractivity contribution in [2.75, 3.05) is 7.11 Å². The number of nitrogens with zero attached hydrogens (tertiary/aromatic N) is 1. The molecule has 0 amide bonds. The Kier molecular flexibility index (Phi) is 4.19. The molecule has 3 rings (SSSR count). The molecule has 0 radical (unpaired) electrons. The van der Waals surface area contributed by atoms with Crippen molar-refractivity contribution in [2.45, 2.75) is 12.8 Å². The third-order valence-corrected chi connectivity index (χ3v) is 3.71. The van der Waals surface area contributed by atoms with Gasteiger partial charge in [0.05, 0.1) is 7.11 Å². The zero-order valence-corrected chi connectivity index (χ0v) is 12.7. The van der Waals surface area contributed by atoms with Crippen LogP contribution in [0.25, 0.3) is 10.9 Å². The molecule has 3 aromatic rings. The SMILES string of the molecule is COc1cccnc1C(=O)CCC(=O)c1ccc2[nH]ccc2c1. The highest BCUT2D eigenvalue weighted by atomic mass is 16.5. The number of nitrogens with one attached hydrogen (secondary N) is 1. The van der Waals surface area contributed by atoms with Crippen molar-refractivity contribution in [3.63, 3.8) is 0 Å². The number of hydrogen-bond donors (Lipinski definition) is 1. The number of aromatic amines is 1. The maximum Gasteiger partial charge on any atom is 0.185 e. The zero-order chi connectivity index (χ0) is 16.2. The molecule has 1 N–H and O–H groups in total. The summed E-state index contributed by atoms with van der Waals surface area (Å²) in [5.41, 5.74) is 1.86. The Hall–Kier alpha value is -2.95. The van der Waals surface area contributed by atoms with Crippen LogP contribution in [0, 0.1) is 0 Å². The lowest BCUT2D eigenvalue weighted by Crippen LogP contribution is -2.08. The first-order valence-corrected chi connectivity index (χ1v) is 7.31. The van der Waals surface area contributed by atoms with Gasteiger partial charge in [-0.2, -0.15) is 0 Å². The summed E-state index contributed by atoms with van der Waals surface area (Å²) in [5.74, 6) is 0.175. The second-order valence-corrected chi connectivity index (χ2v) is 5.18. The number of hydrogen-bond acceptors (Lipinski definition) is 4. The third kappa shape index (κ3) is 3.13. The van der Waals surface area contributed by atoms with Crippen LogP contribution in [-0.2, 0) is 0 Å². The largest absolute Gasteiger partial charge is 0.494 e. The molecular formula is C18H16N2O3. The summed E-state index contributed by atoms with van der Waals surface area (Å²) in [7, 11) is 1.49. The first-order valence-electron chi connectivity index (χ1n) is 7.31. The fourth-order valence-corrected chi connectivity index (χ4v) is 2.48. The summed E-state index contributed by atoms with van der Waals surface area (Å²) in [6.07, 6.45) is 3.62. The monoisotopic (exact) mass is 308 g/mol. The van der Waals surface area contributed by atoms with E-state index in [9.17, 15) is 9.59 Å². The molecule has 23 heavy (non-hydrogen) atoms. The summed E-state index contributed by atoms with van der Waals surface area (Å²) in [5, 5.41) is 0.980. The predicted octanol–water partition coefficient (Wildman–Crippen LogP) is 3.42. The van der Waals surface area contributed by atoms with Crippen molar-refractivity contribution in [1.29, 1.82) is 0 Å². The summed E-state index contributed by atoms with van der Waals surface area (Å²) in [6.45, 7) is 0. The van der Waals surface area contributed by atoms with Crippen molar-refractivity contribution in [3.8, 4) is 5.75 Å². The molecule has 0 spiro atoms. The van der Waals surface area contributed by atoms with Gasteiger partial charge >= 0.3 is 0 Å². The average Bonchev–Trinajstić information content (AvgIpc) is 3.06.